The van der Waals surface area contributed by atoms with Crippen LogP contribution in [0.4, 0.5) is 5.69 Å². The number of carbonyl (C=O) groups excluding carboxylic acids is 1. The van der Waals surface area contributed by atoms with Gasteiger partial charge in [0, 0.05) is 12.3 Å². The van der Waals surface area contributed by atoms with E-state index in [0.717, 1.165) is 38.5 Å². The summed E-state index contributed by atoms with van der Waals surface area (Å²) < 4.78 is 11.6. The predicted molar refractivity (Wildman–Crippen MR) is 102 cm³/mol. The van der Waals surface area contributed by atoms with E-state index in [1.807, 2.05) is 6.92 Å². The minimum atomic E-state index is -0.768. The Bertz CT molecular complexity index is 649. The first-order valence-electron chi connectivity index (χ1n) is 9.67. The van der Waals surface area contributed by atoms with Crippen LogP contribution in [0.15, 0.2) is 18.2 Å². The van der Waals surface area contributed by atoms with Crippen molar-refractivity contribution in [3.63, 3.8) is 0 Å². The first-order valence-corrected chi connectivity index (χ1v) is 9.67. The molecule has 1 aromatic carbocycles. The molecule has 5 heteroatoms. The van der Waals surface area contributed by atoms with Gasteiger partial charge in [0.05, 0.1) is 12.2 Å². The quantitative estimate of drug-likeness (QED) is 0.686. The number of rotatable bonds is 8. The van der Waals surface area contributed by atoms with Gasteiger partial charge >= 0.3 is 0 Å². The second-order valence-corrected chi connectivity index (χ2v) is 7.11. The van der Waals surface area contributed by atoms with Gasteiger partial charge in [-0.2, -0.15) is 5.26 Å². The zero-order valence-electron chi connectivity index (χ0n) is 16.1. The fraction of sp³-hybridized carbons (Fsp3) is 0.619. The van der Waals surface area contributed by atoms with E-state index in [4.69, 9.17) is 9.47 Å². The largest absolute Gasteiger partial charge is 0.492 e. The number of hydrogen-bond donors (Lipinski definition) is 1. The monoisotopic (exact) mass is 358 g/mol. The molecule has 0 radical (unpaired) electrons. The summed E-state index contributed by atoms with van der Waals surface area (Å²) in [4.78, 5) is 13.0. The highest BCUT2D eigenvalue weighted by molar-refractivity contribution is 5.97. The molecule has 142 valence electrons. The fourth-order valence-electron chi connectivity index (χ4n) is 3.57. The standard InChI is InChI=1S/C21H30N2O3/c1-4-6-12-25-19-10-9-18(13-17(19)15-22)23-20(24)21(26-5-2)11-7-8-16(3)14-21/h9-10,13,16H,4-8,11-12,14H2,1-3H3,(H,23,24)/t16-,21-/m1/s1. The van der Waals surface area contributed by atoms with Gasteiger partial charge in [0.1, 0.15) is 17.4 Å². The smallest absolute Gasteiger partial charge is 0.256 e. The van der Waals surface area contributed by atoms with E-state index >= 15 is 0 Å². The summed E-state index contributed by atoms with van der Waals surface area (Å²) in [5.41, 5.74) is 0.267. The van der Waals surface area contributed by atoms with Crippen LogP contribution in [0.1, 0.15) is 64.9 Å². The van der Waals surface area contributed by atoms with E-state index in [1.54, 1.807) is 18.2 Å². The molecule has 0 saturated heterocycles. The summed E-state index contributed by atoms with van der Waals surface area (Å²) in [5.74, 6) is 0.907. The summed E-state index contributed by atoms with van der Waals surface area (Å²) >= 11 is 0. The Morgan fingerprint density at radius 3 is 2.88 bits per heavy atom. The van der Waals surface area contributed by atoms with Crippen molar-refractivity contribution in [1.82, 2.24) is 0 Å². The number of ether oxygens (including phenoxy) is 2. The zero-order valence-corrected chi connectivity index (χ0v) is 16.1. The first kappa shape index (κ1) is 20.3. The third kappa shape index (κ3) is 4.98. The SMILES string of the molecule is CCCCOc1ccc(NC(=O)[C@@]2(OCC)CCC[C@@H](C)C2)cc1C#N. The molecule has 1 amide bonds. The molecule has 0 bridgehead atoms. The number of nitrogens with zero attached hydrogens (tertiary/aromatic N) is 1. The molecule has 1 fully saturated rings. The van der Waals surface area contributed by atoms with Crippen molar-refractivity contribution in [2.24, 2.45) is 5.92 Å². The van der Waals surface area contributed by atoms with Gasteiger partial charge in [-0.05, 0) is 56.7 Å². The number of amides is 1. The van der Waals surface area contributed by atoms with Crippen LogP contribution in [0.5, 0.6) is 5.75 Å². The molecular formula is C21H30N2O3. The Kier molecular flexibility index (Phi) is 7.47. The highest BCUT2D eigenvalue weighted by atomic mass is 16.5. The Labute approximate surface area is 156 Å². The van der Waals surface area contributed by atoms with Crippen LogP contribution in [-0.2, 0) is 9.53 Å². The minimum Gasteiger partial charge on any atom is -0.492 e. The van der Waals surface area contributed by atoms with Gasteiger partial charge in [0.25, 0.3) is 5.91 Å². The third-order valence-corrected chi connectivity index (χ3v) is 4.90. The average molecular weight is 358 g/mol. The Balaban J connectivity index is 2.13. The molecule has 1 aliphatic rings. The van der Waals surface area contributed by atoms with E-state index in [0.29, 0.717) is 36.1 Å². The number of benzene rings is 1. The Hall–Kier alpha value is -2.06. The number of nitriles is 1. The van der Waals surface area contributed by atoms with Crippen LogP contribution in [0.3, 0.4) is 0 Å². The van der Waals surface area contributed by atoms with Crippen LogP contribution in [0.25, 0.3) is 0 Å². The molecule has 1 aromatic rings. The number of nitrogens with one attached hydrogen (secondary N) is 1. The van der Waals surface area contributed by atoms with Crippen molar-refractivity contribution in [2.75, 3.05) is 18.5 Å². The maximum atomic E-state index is 13.0. The van der Waals surface area contributed by atoms with Gasteiger partial charge in [0.15, 0.2) is 0 Å². The summed E-state index contributed by atoms with van der Waals surface area (Å²) in [6.45, 7) is 7.27. The first-order chi connectivity index (χ1) is 12.5. The molecule has 0 unspecified atom stereocenters. The van der Waals surface area contributed by atoms with Crippen LogP contribution in [0.2, 0.25) is 0 Å². The average Bonchev–Trinajstić information content (AvgIpc) is 2.63. The van der Waals surface area contributed by atoms with E-state index in [-0.39, 0.29) is 5.91 Å². The molecule has 1 aliphatic carbocycles. The molecule has 0 aromatic heterocycles. The molecule has 5 nitrogen and oxygen atoms in total. The van der Waals surface area contributed by atoms with E-state index in [9.17, 15) is 10.1 Å². The highest BCUT2D eigenvalue weighted by Crippen LogP contribution is 2.36. The van der Waals surface area contributed by atoms with Crippen molar-refractivity contribution < 1.29 is 14.3 Å². The molecule has 26 heavy (non-hydrogen) atoms. The number of unbranched alkanes of at least 4 members (excludes halogenated alkanes) is 1. The van der Waals surface area contributed by atoms with Crippen molar-refractivity contribution >= 4 is 11.6 Å². The lowest BCUT2D eigenvalue weighted by molar-refractivity contribution is -0.147. The summed E-state index contributed by atoms with van der Waals surface area (Å²) in [7, 11) is 0. The molecule has 0 spiro atoms. The van der Waals surface area contributed by atoms with Gasteiger partial charge in [-0.15, -0.1) is 0 Å². The van der Waals surface area contributed by atoms with Crippen LogP contribution >= 0.6 is 0 Å². The maximum absolute atomic E-state index is 13.0. The van der Waals surface area contributed by atoms with Crippen LogP contribution in [-0.4, -0.2) is 24.7 Å². The Morgan fingerprint density at radius 1 is 1.42 bits per heavy atom. The zero-order chi connectivity index (χ0) is 19.0. The third-order valence-electron chi connectivity index (χ3n) is 4.90. The van der Waals surface area contributed by atoms with Gasteiger partial charge in [-0.25, -0.2) is 0 Å². The van der Waals surface area contributed by atoms with Crippen molar-refractivity contribution in [3.8, 4) is 11.8 Å². The molecule has 2 atom stereocenters. The van der Waals surface area contributed by atoms with Crippen molar-refractivity contribution in [3.05, 3.63) is 23.8 Å². The molecule has 2 rings (SSSR count). The predicted octanol–water partition coefficient (Wildman–Crippen LogP) is 4.66. The second kappa shape index (κ2) is 9.59. The van der Waals surface area contributed by atoms with Crippen LogP contribution in [0, 0.1) is 17.2 Å². The lowest BCUT2D eigenvalue weighted by Gasteiger charge is -2.38. The van der Waals surface area contributed by atoms with Crippen molar-refractivity contribution in [2.45, 2.75) is 64.9 Å². The molecule has 0 aliphatic heterocycles. The number of carbonyl (C=O) groups is 1. The minimum absolute atomic E-state index is 0.116. The second-order valence-electron chi connectivity index (χ2n) is 7.11. The summed E-state index contributed by atoms with van der Waals surface area (Å²) in [5, 5.41) is 12.3. The van der Waals surface area contributed by atoms with Gasteiger partial charge in [0.2, 0.25) is 0 Å². The van der Waals surface area contributed by atoms with E-state index in [1.165, 1.54) is 0 Å². The van der Waals surface area contributed by atoms with Gasteiger partial charge in [-0.3, -0.25) is 4.79 Å². The summed E-state index contributed by atoms with van der Waals surface area (Å²) in [6, 6.07) is 7.36. The highest BCUT2D eigenvalue weighted by Gasteiger charge is 2.42. The lowest BCUT2D eigenvalue weighted by atomic mass is 9.78. The van der Waals surface area contributed by atoms with E-state index < -0.39 is 5.60 Å². The van der Waals surface area contributed by atoms with Gasteiger partial charge < -0.3 is 14.8 Å². The molecular weight excluding hydrogens is 328 g/mol. The molecule has 1 saturated carbocycles. The maximum Gasteiger partial charge on any atom is 0.256 e. The normalized spacial score (nSPS) is 22.5. The Morgan fingerprint density at radius 2 is 2.23 bits per heavy atom. The topological polar surface area (TPSA) is 71.3 Å². The van der Waals surface area contributed by atoms with Gasteiger partial charge in [-0.1, -0.05) is 26.7 Å². The number of hydrogen-bond acceptors (Lipinski definition) is 4. The fourth-order valence-corrected chi connectivity index (χ4v) is 3.57. The summed E-state index contributed by atoms with van der Waals surface area (Å²) in [6.07, 6.45) is 5.56. The molecule has 1 N–H and O–H groups in total. The molecule has 0 heterocycles. The number of anilines is 1. The van der Waals surface area contributed by atoms with Crippen LogP contribution < -0.4 is 10.1 Å². The lowest BCUT2D eigenvalue weighted by Crippen LogP contribution is -2.48. The van der Waals surface area contributed by atoms with E-state index in [2.05, 4.69) is 25.2 Å². The van der Waals surface area contributed by atoms with Crippen molar-refractivity contribution in [1.29, 1.82) is 5.26 Å².